The second-order valence-electron chi connectivity index (χ2n) is 2.76. The lowest BCUT2D eigenvalue weighted by Crippen LogP contribution is -1.85. The van der Waals surface area contributed by atoms with Gasteiger partial charge in [-0.2, -0.15) is 0 Å². The lowest BCUT2D eigenvalue weighted by Gasteiger charge is -2.04. The molecular weight excluding hydrogens is 321 g/mol. The van der Waals surface area contributed by atoms with Crippen molar-refractivity contribution in [3.05, 3.63) is 26.6 Å². The van der Waals surface area contributed by atoms with E-state index in [9.17, 15) is 13.9 Å². The van der Waals surface area contributed by atoms with Crippen molar-refractivity contribution in [2.45, 2.75) is 6.43 Å². The maximum Gasteiger partial charge on any atom is 0.268 e. The van der Waals surface area contributed by atoms with Gasteiger partial charge in [0.15, 0.2) is 0 Å². The molecule has 0 aliphatic heterocycles. The van der Waals surface area contributed by atoms with Crippen LogP contribution in [-0.2, 0) is 0 Å². The molecule has 1 heterocycles. The molecule has 0 fully saturated rings. The van der Waals surface area contributed by atoms with Gasteiger partial charge in [-0.3, -0.25) is 0 Å². The zero-order valence-corrected chi connectivity index (χ0v) is 9.77. The largest absolute Gasteiger partial charge is 0.507 e. The maximum atomic E-state index is 12.6. The number of phenolic OH excluding ortho intramolecular Hbond substituents is 1. The van der Waals surface area contributed by atoms with Gasteiger partial charge < -0.3 is 5.11 Å². The van der Waals surface area contributed by atoms with Gasteiger partial charge in [0, 0.05) is 19.0 Å². The van der Waals surface area contributed by atoms with E-state index in [2.05, 4.69) is 22.6 Å². The van der Waals surface area contributed by atoms with Crippen LogP contribution in [0.3, 0.4) is 0 Å². The Morgan fingerprint density at radius 1 is 1.36 bits per heavy atom. The quantitative estimate of drug-likeness (QED) is 0.781. The Hall–Kier alpha value is -0.430. The predicted molar refractivity (Wildman–Crippen MR) is 61.2 cm³/mol. The summed E-state index contributed by atoms with van der Waals surface area (Å²) < 4.78 is 26.6. The first-order chi connectivity index (χ1) is 6.61. The fraction of sp³-hybridized carbons (Fsp3) is 0.111. The van der Waals surface area contributed by atoms with Gasteiger partial charge in [-0.15, -0.1) is 11.3 Å². The van der Waals surface area contributed by atoms with E-state index in [1.165, 1.54) is 17.4 Å². The number of alkyl halides is 2. The van der Waals surface area contributed by atoms with Crippen LogP contribution in [0.15, 0.2) is 17.5 Å². The van der Waals surface area contributed by atoms with Gasteiger partial charge in [-0.1, -0.05) is 0 Å². The van der Waals surface area contributed by atoms with Crippen LogP contribution in [0.25, 0.3) is 10.1 Å². The standard InChI is InChI=1S/C9H5F2IOS/c10-9(11)7-6(13)2-1-4-5(12)3-14-8(4)7/h1-3,9,13H. The highest BCUT2D eigenvalue weighted by atomic mass is 127. The Kier molecular flexibility index (Phi) is 2.61. The van der Waals surface area contributed by atoms with Crippen molar-refractivity contribution >= 4 is 44.0 Å². The molecule has 1 nitrogen and oxygen atoms in total. The molecule has 1 aromatic heterocycles. The minimum Gasteiger partial charge on any atom is -0.507 e. The van der Waals surface area contributed by atoms with Crippen LogP contribution in [0.4, 0.5) is 8.78 Å². The molecule has 5 heteroatoms. The van der Waals surface area contributed by atoms with Gasteiger partial charge in [0.25, 0.3) is 6.43 Å². The summed E-state index contributed by atoms with van der Waals surface area (Å²) >= 11 is 3.32. The van der Waals surface area contributed by atoms with Crippen molar-refractivity contribution in [3.63, 3.8) is 0 Å². The topological polar surface area (TPSA) is 20.2 Å². The number of thiophene rings is 1. The second kappa shape index (κ2) is 3.62. The summed E-state index contributed by atoms with van der Waals surface area (Å²) in [4.78, 5) is 0. The lowest BCUT2D eigenvalue weighted by atomic mass is 10.1. The average molecular weight is 326 g/mol. The Bertz CT molecular complexity index is 481. The smallest absolute Gasteiger partial charge is 0.268 e. The molecule has 0 aliphatic carbocycles. The Morgan fingerprint density at radius 2 is 2.07 bits per heavy atom. The summed E-state index contributed by atoms with van der Waals surface area (Å²) in [5.74, 6) is -0.328. The average Bonchev–Trinajstić information content (AvgIpc) is 2.47. The van der Waals surface area contributed by atoms with E-state index in [1.807, 2.05) is 0 Å². The molecule has 2 aromatic rings. The van der Waals surface area contributed by atoms with Gasteiger partial charge in [-0.05, 0) is 34.7 Å². The zero-order chi connectivity index (χ0) is 10.3. The lowest BCUT2D eigenvalue weighted by molar-refractivity contribution is 0.149. The molecule has 0 spiro atoms. The highest BCUT2D eigenvalue weighted by molar-refractivity contribution is 14.1. The van der Waals surface area contributed by atoms with Crippen LogP contribution >= 0.6 is 33.9 Å². The molecule has 0 saturated heterocycles. The summed E-state index contributed by atoms with van der Waals surface area (Å²) in [6.45, 7) is 0. The highest BCUT2D eigenvalue weighted by Gasteiger charge is 2.18. The minimum atomic E-state index is -2.63. The molecule has 0 radical (unpaired) electrons. The fourth-order valence-electron chi connectivity index (χ4n) is 1.29. The fourth-order valence-corrected chi connectivity index (χ4v) is 3.28. The molecule has 0 amide bonds. The maximum absolute atomic E-state index is 12.6. The third-order valence-electron chi connectivity index (χ3n) is 1.93. The van der Waals surface area contributed by atoms with Crippen molar-refractivity contribution in [3.8, 4) is 5.75 Å². The normalized spacial score (nSPS) is 11.4. The van der Waals surface area contributed by atoms with Gasteiger partial charge in [0.1, 0.15) is 5.75 Å². The molecule has 14 heavy (non-hydrogen) atoms. The Morgan fingerprint density at radius 3 is 2.71 bits per heavy atom. The molecule has 0 unspecified atom stereocenters. The van der Waals surface area contributed by atoms with Crippen molar-refractivity contribution in [2.75, 3.05) is 0 Å². The molecule has 0 bridgehead atoms. The molecule has 2 rings (SSSR count). The van der Waals surface area contributed by atoms with E-state index in [-0.39, 0.29) is 11.3 Å². The first-order valence-electron chi connectivity index (χ1n) is 3.78. The number of hydrogen-bond acceptors (Lipinski definition) is 2. The van der Waals surface area contributed by atoms with E-state index >= 15 is 0 Å². The van der Waals surface area contributed by atoms with Crippen LogP contribution < -0.4 is 0 Å². The monoisotopic (exact) mass is 326 g/mol. The number of phenols is 1. The molecule has 0 atom stereocenters. The zero-order valence-electron chi connectivity index (χ0n) is 6.80. The van der Waals surface area contributed by atoms with Crippen molar-refractivity contribution < 1.29 is 13.9 Å². The number of aromatic hydroxyl groups is 1. The molecule has 0 aliphatic rings. The van der Waals surface area contributed by atoms with Gasteiger partial charge >= 0.3 is 0 Å². The van der Waals surface area contributed by atoms with Crippen LogP contribution in [0.5, 0.6) is 5.75 Å². The van der Waals surface area contributed by atoms with E-state index in [0.717, 1.165) is 8.96 Å². The summed E-state index contributed by atoms with van der Waals surface area (Å²) in [5.41, 5.74) is -0.254. The van der Waals surface area contributed by atoms with Gasteiger partial charge in [0.2, 0.25) is 0 Å². The second-order valence-corrected chi connectivity index (χ2v) is 4.80. The summed E-state index contributed by atoms with van der Waals surface area (Å²) in [5, 5.41) is 11.9. The Balaban J connectivity index is 2.83. The molecule has 74 valence electrons. The van der Waals surface area contributed by atoms with Crippen molar-refractivity contribution in [2.24, 2.45) is 0 Å². The SMILES string of the molecule is Oc1ccc2c(I)csc2c1C(F)F. The summed E-state index contributed by atoms with van der Waals surface area (Å²) in [6.07, 6.45) is -2.63. The van der Waals surface area contributed by atoms with E-state index < -0.39 is 6.43 Å². The van der Waals surface area contributed by atoms with E-state index in [1.54, 1.807) is 11.4 Å². The first-order valence-corrected chi connectivity index (χ1v) is 5.74. The van der Waals surface area contributed by atoms with Crippen LogP contribution in [0.1, 0.15) is 12.0 Å². The number of rotatable bonds is 1. The number of hydrogen-bond donors (Lipinski definition) is 1. The summed E-state index contributed by atoms with van der Waals surface area (Å²) in [6, 6.07) is 2.98. The third-order valence-corrected chi connectivity index (χ3v) is 4.27. The molecule has 0 saturated carbocycles. The molecule has 1 N–H and O–H groups in total. The number of halogens is 3. The molecular formula is C9H5F2IOS. The Labute approximate surface area is 96.5 Å². The molecule has 1 aromatic carbocycles. The predicted octanol–water partition coefficient (Wildman–Crippen LogP) is 4.15. The van der Waals surface area contributed by atoms with Crippen LogP contribution in [-0.4, -0.2) is 5.11 Å². The minimum absolute atomic E-state index is 0.254. The van der Waals surface area contributed by atoms with E-state index in [4.69, 9.17) is 0 Å². The van der Waals surface area contributed by atoms with Crippen molar-refractivity contribution in [1.82, 2.24) is 0 Å². The van der Waals surface area contributed by atoms with Crippen molar-refractivity contribution in [1.29, 1.82) is 0 Å². The van der Waals surface area contributed by atoms with E-state index in [0.29, 0.717) is 4.70 Å². The highest BCUT2D eigenvalue weighted by Crippen LogP contribution is 2.39. The van der Waals surface area contributed by atoms with Crippen LogP contribution in [0, 0.1) is 3.57 Å². The number of benzene rings is 1. The summed E-state index contributed by atoms with van der Waals surface area (Å²) in [7, 11) is 0. The van der Waals surface area contributed by atoms with Crippen LogP contribution in [0.2, 0.25) is 0 Å². The third kappa shape index (κ3) is 1.48. The van der Waals surface area contributed by atoms with Gasteiger partial charge in [-0.25, -0.2) is 8.78 Å². The van der Waals surface area contributed by atoms with Gasteiger partial charge in [0.05, 0.1) is 5.56 Å². The first kappa shape index (κ1) is 10.1. The number of fused-ring (bicyclic) bond motifs is 1.